The molecule has 1 saturated heterocycles. The Morgan fingerprint density at radius 1 is 0.809 bits per heavy atom. The van der Waals surface area contributed by atoms with Gasteiger partial charge >= 0.3 is 23.9 Å². The topological polar surface area (TPSA) is 140 Å². The van der Waals surface area contributed by atoms with Crippen LogP contribution in [0.4, 0.5) is 0 Å². The minimum atomic E-state index is -1.31. The van der Waals surface area contributed by atoms with Crippen molar-refractivity contribution in [3.05, 3.63) is 96.1 Å². The normalized spacial score (nSPS) is 30.3. The second kappa shape index (κ2) is 12.5. The lowest BCUT2D eigenvalue weighted by Crippen LogP contribution is -2.71. The number of ether oxygens (including phenoxy) is 5. The highest BCUT2D eigenvalue weighted by molar-refractivity contribution is 5.90. The molecule has 1 spiro atoms. The summed E-state index contributed by atoms with van der Waals surface area (Å²) in [5.74, 6) is -3.06. The van der Waals surface area contributed by atoms with E-state index in [-0.39, 0.29) is 30.1 Å². The molecular weight excluding hydrogens is 604 g/mol. The van der Waals surface area contributed by atoms with E-state index < -0.39 is 64.7 Å². The second-order valence-corrected chi connectivity index (χ2v) is 13.3. The van der Waals surface area contributed by atoms with Crippen molar-refractivity contribution in [2.45, 2.75) is 76.5 Å². The van der Waals surface area contributed by atoms with Crippen molar-refractivity contribution >= 4 is 23.9 Å². The maximum absolute atomic E-state index is 13.9. The van der Waals surface area contributed by atoms with Crippen LogP contribution in [0.25, 0.3) is 0 Å². The Balaban J connectivity index is 1.50. The van der Waals surface area contributed by atoms with Gasteiger partial charge in [-0.1, -0.05) is 25.1 Å². The molecule has 2 bridgehead atoms. The summed E-state index contributed by atoms with van der Waals surface area (Å²) < 4.78 is 31.7. The van der Waals surface area contributed by atoms with E-state index in [1.54, 1.807) is 67.0 Å². The van der Waals surface area contributed by atoms with Gasteiger partial charge in [-0.3, -0.25) is 14.8 Å². The predicted molar refractivity (Wildman–Crippen MR) is 166 cm³/mol. The number of hydrogen-bond acceptors (Lipinski definition) is 11. The van der Waals surface area contributed by atoms with Crippen molar-refractivity contribution in [3.63, 3.8) is 0 Å². The first-order chi connectivity index (χ1) is 22.5. The number of carbonyl (C=O) groups excluding carboxylic acids is 4. The summed E-state index contributed by atoms with van der Waals surface area (Å²) >= 11 is 0. The summed E-state index contributed by atoms with van der Waals surface area (Å²) in [6.45, 7) is 6.91. The van der Waals surface area contributed by atoms with Crippen LogP contribution in [0.1, 0.15) is 78.0 Å². The Morgan fingerprint density at radius 2 is 1.43 bits per heavy atom. The first kappa shape index (κ1) is 32.3. The SMILES string of the molecule is CC(=O)O[C@H]1C[C@@H](C)[C@@]23C[C@@H]([C@@H](OC(=O)c4cccnc4)[C@H](OC(=O)c4ccccc4)[C@]2(COC(=O)c2cccnc2)C1)C(C)(C)O3. The molecule has 2 aromatic heterocycles. The highest BCUT2D eigenvalue weighted by Gasteiger charge is 2.77. The molecule has 1 aliphatic heterocycles. The van der Waals surface area contributed by atoms with E-state index >= 15 is 0 Å². The number of carbonyl (C=O) groups is 4. The fraction of sp³-hybridized carbons (Fsp3) is 0.444. The Kier molecular flexibility index (Phi) is 8.61. The van der Waals surface area contributed by atoms with Crippen LogP contribution in [-0.4, -0.2) is 70.0 Å². The van der Waals surface area contributed by atoms with Gasteiger partial charge in [-0.25, -0.2) is 14.4 Å². The van der Waals surface area contributed by atoms with Crippen molar-refractivity contribution in [3.8, 4) is 0 Å². The zero-order valence-electron chi connectivity index (χ0n) is 26.8. The summed E-state index contributed by atoms with van der Waals surface area (Å²) in [6.07, 6.45) is 4.10. The monoisotopic (exact) mass is 642 g/mol. The van der Waals surface area contributed by atoms with Gasteiger partial charge in [0.25, 0.3) is 0 Å². The zero-order valence-corrected chi connectivity index (χ0v) is 26.8. The van der Waals surface area contributed by atoms with E-state index in [9.17, 15) is 19.2 Å². The average Bonchev–Trinajstić information content (AvgIpc) is 3.33. The van der Waals surface area contributed by atoms with Gasteiger partial charge in [-0.2, -0.15) is 0 Å². The molecule has 0 radical (unpaired) electrons. The fourth-order valence-corrected chi connectivity index (χ4v) is 8.00. The van der Waals surface area contributed by atoms with Crippen molar-refractivity contribution in [1.82, 2.24) is 9.97 Å². The summed E-state index contributed by atoms with van der Waals surface area (Å²) in [5, 5.41) is 0. The summed E-state index contributed by atoms with van der Waals surface area (Å²) in [5.41, 5.74) is -2.42. The maximum atomic E-state index is 13.9. The standard InChI is InChI=1S/C36H38N2O9/c1-22-16-27(44-23(2)39)17-35(21-43-31(40)25-12-8-14-37-19-25)30(46-32(41)24-10-6-5-7-11-24)29(28-18-36(22,35)47-34(28,3)4)45-33(42)26-13-9-15-38-20-26/h5-15,19-20,22,27-30H,16-18,21H2,1-4H3/t22-,27+,28+,29-,30+,35-,36+/m1/s1. The lowest BCUT2D eigenvalue weighted by atomic mass is 9.49. The van der Waals surface area contributed by atoms with Gasteiger partial charge in [0.1, 0.15) is 18.8 Å². The highest BCUT2D eigenvalue weighted by Crippen LogP contribution is 2.67. The number of hydrogen-bond donors (Lipinski definition) is 0. The summed E-state index contributed by atoms with van der Waals surface area (Å²) in [7, 11) is 0. The lowest BCUT2D eigenvalue weighted by molar-refractivity contribution is -0.264. The average molecular weight is 643 g/mol. The number of aromatic nitrogens is 2. The molecule has 3 aliphatic rings. The number of nitrogens with zero attached hydrogens (tertiary/aromatic N) is 2. The molecular formula is C36H38N2O9. The quantitative estimate of drug-likeness (QED) is 0.242. The number of pyridine rings is 2. The zero-order chi connectivity index (χ0) is 33.4. The van der Waals surface area contributed by atoms with E-state index in [4.69, 9.17) is 23.7 Å². The third-order valence-corrected chi connectivity index (χ3v) is 10.0. The van der Waals surface area contributed by atoms with Crippen LogP contribution in [0.3, 0.4) is 0 Å². The smallest absolute Gasteiger partial charge is 0.340 e. The first-order valence-electron chi connectivity index (χ1n) is 15.8. The number of esters is 4. The predicted octanol–water partition coefficient (Wildman–Crippen LogP) is 5.00. The Morgan fingerprint density at radius 3 is 2.04 bits per heavy atom. The van der Waals surface area contributed by atoms with E-state index in [1.165, 1.54) is 19.3 Å². The van der Waals surface area contributed by atoms with Gasteiger partial charge in [0.15, 0.2) is 6.10 Å². The molecule has 0 unspecified atom stereocenters. The van der Waals surface area contributed by atoms with Crippen LogP contribution in [0.2, 0.25) is 0 Å². The molecule has 6 rings (SSSR count). The molecule has 47 heavy (non-hydrogen) atoms. The molecule has 7 atom stereocenters. The number of rotatable bonds is 8. The first-order valence-corrected chi connectivity index (χ1v) is 15.8. The maximum Gasteiger partial charge on any atom is 0.340 e. The van der Waals surface area contributed by atoms with Gasteiger partial charge in [-0.05, 0) is 75.4 Å². The van der Waals surface area contributed by atoms with Crippen LogP contribution in [0, 0.1) is 17.3 Å². The Bertz CT molecular complexity index is 1630. The molecule has 1 aromatic carbocycles. The lowest BCUT2D eigenvalue weighted by Gasteiger charge is -2.60. The van der Waals surface area contributed by atoms with Crippen LogP contribution in [0.15, 0.2) is 79.4 Å². The number of benzene rings is 1. The molecule has 246 valence electrons. The molecule has 3 fully saturated rings. The molecule has 11 heteroatoms. The van der Waals surface area contributed by atoms with Crippen molar-refractivity contribution < 1.29 is 42.9 Å². The largest absolute Gasteiger partial charge is 0.463 e. The van der Waals surface area contributed by atoms with E-state index in [2.05, 4.69) is 9.97 Å². The van der Waals surface area contributed by atoms with Crippen molar-refractivity contribution in [2.24, 2.45) is 17.3 Å². The highest BCUT2D eigenvalue weighted by atomic mass is 16.6. The third-order valence-electron chi connectivity index (χ3n) is 10.0. The van der Waals surface area contributed by atoms with Crippen LogP contribution in [0.5, 0.6) is 0 Å². The van der Waals surface area contributed by atoms with E-state index in [1.807, 2.05) is 20.8 Å². The van der Waals surface area contributed by atoms with E-state index in [0.717, 1.165) is 0 Å². The Labute approximate surface area is 272 Å². The molecule has 3 heterocycles. The molecule has 2 saturated carbocycles. The minimum absolute atomic E-state index is 0.119. The van der Waals surface area contributed by atoms with E-state index in [0.29, 0.717) is 18.4 Å². The Hall–Kier alpha value is -4.64. The molecule has 11 nitrogen and oxygen atoms in total. The minimum Gasteiger partial charge on any atom is -0.463 e. The fourth-order valence-electron chi connectivity index (χ4n) is 8.00. The number of fused-ring (bicyclic) bond motifs is 1. The van der Waals surface area contributed by atoms with Crippen LogP contribution in [-0.2, 0) is 28.5 Å². The summed E-state index contributed by atoms with van der Waals surface area (Å²) in [6, 6.07) is 14.9. The molecule has 2 aliphatic carbocycles. The molecule has 0 N–H and O–H groups in total. The van der Waals surface area contributed by atoms with Crippen LogP contribution >= 0.6 is 0 Å². The van der Waals surface area contributed by atoms with Crippen LogP contribution < -0.4 is 0 Å². The summed E-state index contributed by atoms with van der Waals surface area (Å²) in [4.78, 5) is 61.4. The van der Waals surface area contributed by atoms with Crippen molar-refractivity contribution in [2.75, 3.05) is 6.61 Å². The van der Waals surface area contributed by atoms with Gasteiger partial charge in [0.2, 0.25) is 0 Å². The molecule has 0 amide bonds. The van der Waals surface area contributed by atoms with Gasteiger partial charge in [0.05, 0.1) is 33.3 Å². The molecule has 3 aromatic rings. The van der Waals surface area contributed by atoms with Gasteiger partial charge in [0, 0.05) is 37.6 Å². The third kappa shape index (κ3) is 5.88. The second-order valence-electron chi connectivity index (χ2n) is 13.3. The van der Waals surface area contributed by atoms with Crippen molar-refractivity contribution in [1.29, 1.82) is 0 Å². The van der Waals surface area contributed by atoms with Gasteiger partial charge in [-0.15, -0.1) is 0 Å². The van der Waals surface area contributed by atoms with Gasteiger partial charge < -0.3 is 23.7 Å².